The van der Waals surface area contributed by atoms with Crippen molar-refractivity contribution in [1.82, 2.24) is 4.90 Å². The maximum Gasteiger partial charge on any atom is 0.417 e. The van der Waals surface area contributed by atoms with Crippen LogP contribution in [0.3, 0.4) is 0 Å². The van der Waals surface area contributed by atoms with Crippen LogP contribution in [0.1, 0.15) is 5.69 Å². The normalized spacial score (nSPS) is 14.5. The summed E-state index contributed by atoms with van der Waals surface area (Å²) in [6, 6.07) is 5.82. The number of amides is 2. The molecule has 5 nitrogen and oxygen atoms in total. The Morgan fingerprint density at radius 1 is 1.41 bits per heavy atom. The first-order valence-electron chi connectivity index (χ1n) is 5.09. The summed E-state index contributed by atoms with van der Waals surface area (Å²) < 4.78 is 6.59. The number of carbonyl (C=O) groups excluding carboxylic acids is 2. The number of carbonyl (C=O) groups is 2. The molecule has 92 valence electrons. The first-order valence-corrected chi connectivity index (χ1v) is 5.09. The molecule has 1 saturated heterocycles. The number of halogens is 1. The van der Waals surface area contributed by atoms with Crippen LogP contribution in [0.25, 0.3) is 0 Å². The molecule has 2 heterocycles. The van der Waals surface area contributed by atoms with E-state index in [0.29, 0.717) is 13.0 Å². The second kappa shape index (κ2) is 5.95. The van der Waals surface area contributed by atoms with Gasteiger partial charge in [-0.1, -0.05) is 6.07 Å². The molecular formula is C11H13IN2O3. The molecule has 2 amide bonds. The lowest BCUT2D eigenvalue weighted by Gasteiger charge is -2.08. The smallest absolute Gasteiger partial charge is 0.417 e. The van der Waals surface area contributed by atoms with E-state index in [1.807, 2.05) is 36.0 Å². The second-order valence-electron chi connectivity index (χ2n) is 3.65. The van der Waals surface area contributed by atoms with Crippen molar-refractivity contribution < 1.29 is 42.9 Å². The van der Waals surface area contributed by atoms with Crippen LogP contribution in [0.5, 0.6) is 0 Å². The highest BCUT2D eigenvalue weighted by Gasteiger charge is 2.30. The Bertz CT molecular complexity index is 420. The van der Waals surface area contributed by atoms with Crippen LogP contribution >= 0.6 is 0 Å². The summed E-state index contributed by atoms with van der Waals surface area (Å²) in [5.74, 6) is -0.261. The van der Waals surface area contributed by atoms with E-state index in [2.05, 4.69) is 4.74 Å². The number of ether oxygens (including phenoxy) is 1. The Balaban J connectivity index is 0.00000144. The molecular weight excluding hydrogens is 335 g/mol. The zero-order valence-corrected chi connectivity index (χ0v) is 11.6. The summed E-state index contributed by atoms with van der Waals surface area (Å²) in [5.41, 5.74) is 1.06. The van der Waals surface area contributed by atoms with Gasteiger partial charge in [-0.15, -0.1) is 0 Å². The molecule has 0 aromatic carbocycles. The number of imide groups is 1. The van der Waals surface area contributed by atoms with Crippen molar-refractivity contribution in [2.24, 2.45) is 7.05 Å². The predicted octanol–water partition coefficient (Wildman–Crippen LogP) is -2.96. The van der Waals surface area contributed by atoms with Gasteiger partial charge in [0.05, 0.1) is 6.42 Å². The first kappa shape index (κ1) is 13.9. The number of aryl methyl sites for hydroxylation is 1. The van der Waals surface area contributed by atoms with E-state index in [4.69, 9.17) is 0 Å². The van der Waals surface area contributed by atoms with Crippen molar-refractivity contribution in [1.29, 1.82) is 0 Å². The molecule has 1 aliphatic heterocycles. The van der Waals surface area contributed by atoms with Crippen molar-refractivity contribution in [3.8, 4) is 0 Å². The van der Waals surface area contributed by atoms with Crippen molar-refractivity contribution in [2.45, 2.75) is 6.42 Å². The SMILES string of the molecule is C[n+]1ccccc1CCN1C(=O)COC1=O.[I-]. The van der Waals surface area contributed by atoms with Gasteiger partial charge in [-0.25, -0.2) is 14.3 Å². The van der Waals surface area contributed by atoms with Crippen molar-refractivity contribution >= 4 is 12.0 Å². The molecule has 1 aromatic rings. The molecule has 0 unspecified atom stereocenters. The van der Waals surface area contributed by atoms with Crippen LogP contribution in [0.4, 0.5) is 4.79 Å². The predicted molar refractivity (Wildman–Crippen MR) is 54.4 cm³/mol. The van der Waals surface area contributed by atoms with E-state index in [-0.39, 0.29) is 36.5 Å². The van der Waals surface area contributed by atoms with E-state index < -0.39 is 6.09 Å². The lowest BCUT2D eigenvalue weighted by Crippen LogP contribution is -3.00. The number of aromatic nitrogens is 1. The van der Waals surface area contributed by atoms with Crippen LogP contribution in [0.2, 0.25) is 0 Å². The Morgan fingerprint density at radius 2 is 2.18 bits per heavy atom. The fourth-order valence-electron chi connectivity index (χ4n) is 1.64. The minimum atomic E-state index is -0.538. The first-order chi connectivity index (χ1) is 7.68. The molecule has 1 fully saturated rings. The van der Waals surface area contributed by atoms with E-state index >= 15 is 0 Å². The number of nitrogens with zero attached hydrogens (tertiary/aromatic N) is 2. The van der Waals surface area contributed by atoms with Gasteiger partial charge in [-0.2, -0.15) is 0 Å². The summed E-state index contributed by atoms with van der Waals surface area (Å²) in [4.78, 5) is 23.6. The molecule has 0 atom stereocenters. The molecule has 17 heavy (non-hydrogen) atoms. The van der Waals surface area contributed by atoms with E-state index in [9.17, 15) is 9.59 Å². The third-order valence-electron chi connectivity index (χ3n) is 2.59. The summed E-state index contributed by atoms with van der Waals surface area (Å²) in [6.07, 6.45) is 2.03. The quantitative estimate of drug-likeness (QED) is 0.433. The number of hydrogen-bond donors (Lipinski definition) is 0. The van der Waals surface area contributed by atoms with Gasteiger partial charge in [0.25, 0.3) is 5.91 Å². The largest absolute Gasteiger partial charge is 1.00 e. The fourth-order valence-corrected chi connectivity index (χ4v) is 1.64. The Kier molecular flexibility index (Phi) is 4.86. The molecule has 1 aliphatic rings. The van der Waals surface area contributed by atoms with Gasteiger partial charge in [0.15, 0.2) is 18.5 Å². The summed E-state index contributed by atoms with van der Waals surface area (Å²) in [6.45, 7) is 0.245. The standard InChI is InChI=1S/C11H13N2O3.HI/c1-12-6-3-2-4-9(12)5-7-13-10(14)8-16-11(13)15;/h2-4,6H,5,7-8H2,1H3;1H/q+1;/p-1. The molecule has 0 spiro atoms. The maximum atomic E-state index is 11.3. The van der Waals surface area contributed by atoms with Crippen LogP contribution in [0.15, 0.2) is 24.4 Å². The number of pyridine rings is 1. The number of cyclic esters (lactones) is 1. The van der Waals surface area contributed by atoms with Crippen molar-refractivity contribution in [3.05, 3.63) is 30.1 Å². The van der Waals surface area contributed by atoms with Crippen LogP contribution in [-0.2, 0) is 23.0 Å². The monoisotopic (exact) mass is 348 g/mol. The average molecular weight is 348 g/mol. The lowest BCUT2D eigenvalue weighted by atomic mass is 10.2. The van der Waals surface area contributed by atoms with Gasteiger partial charge in [-0.3, -0.25) is 4.79 Å². The Labute approximate surface area is 116 Å². The highest BCUT2D eigenvalue weighted by molar-refractivity contribution is 5.97. The third-order valence-corrected chi connectivity index (χ3v) is 2.59. The molecule has 2 rings (SSSR count). The van der Waals surface area contributed by atoms with Gasteiger partial charge < -0.3 is 28.7 Å². The van der Waals surface area contributed by atoms with Gasteiger partial charge in [0, 0.05) is 18.7 Å². The zero-order chi connectivity index (χ0) is 11.5. The highest BCUT2D eigenvalue weighted by atomic mass is 127. The summed E-state index contributed by atoms with van der Waals surface area (Å²) in [7, 11) is 1.93. The topological polar surface area (TPSA) is 50.5 Å². The molecule has 1 aromatic heterocycles. The van der Waals surface area contributed by atoms with Crippen LogP contribution in [-0.4, -0.2) is 30.1 Å². The van der Waals surface area contributed by atoms with Gasteiger partial charge >= 0.3 is 6.09 Å². The Morgan fingerprint density at radius 3 is 2.76 bits per heavy atom. The average Bonchev–Trinajstić information content (AvgIpc) is 2.58. The minimum Gasteiger partial charge on any atom is -1.00 e. The van der Waals surface area contributed by atoms with Gasteiger partial charge in [-0.05, 0) is 0 Å². The summed E-state index contributed by atoms with van der Waals surface area (Å²) >= 11 is 0. The van der Waals surface area contributed by atoms with E-state index in [1.54, 1.807) is 0 Å². The molecule has 0 radical (unpaired) electrons. The van der Waals surface area contributed by atoms with Gasteiger partial charge in [0.1, 0.15) is 7.05 Å². The highest BCUT2D eigenvalue weighted by Crippen LogP contribution is 2.06. The summed E-state index contributed by atoms with van der Waals surface area (Å²) in [5, 5.41) is 0. The second-order valence-corrected chi connectivity index (χ2v) is 3.65. The van der Waals surface area contributed by atoms with E-state index in [0.717, 1.165) is 10.6 Å². The molecule has 0 saturated carbocycles. The number of hydrogen-bond acceptors (Lipinski definition) is 3. The molecule has 0 N–H and O–H groups in total. The van der Waals surface area contributed by atoms with Crippen molar-refractivity contribution in [2.75, 3.05) is 13.2 Å². The molecule has 6 heteroatoms. The van der Waals surface area contributed by atoms with Crippen molar-refractivity contribution in [3.63, 3.8) is 0 Å². The molecule has 0 aliphatic carbocycles. The van der Waals surface area contributed by atoms with Gasteiger partial charge in [0.2, 0.25) is 0 Å². The number of rotatable bonds is 3. The Hall–Kier alpha value is -1.18. The lowest BCUT2D eigenvalue weighted by molar-refractivity contribution is -0.679. The van der Waals surface area contributed by atoms with Crippen LogP contribution in [0, 0.1) is 0 Å². The van der Waals surface area contributed by atoms with E-state index in [1.165, 1.54) is 0 Å². The third kappa shape index (κ3) is 3.15. The van der Waals surface area contributed by atoms with Crippen LogP contribution < -0.4 is 28.5 Å². The fraction of sp³-hybridized carbons (Fsp3) is 0.364. The maximum absolute atomic E-state index is 11.3. The molecule has 0 bridgehead atoms. The zero-order valence-electron chi connectivity index (χ0n) is 9.43. The minimum absolute atomic E-state index is 0.